The Morgan fingerprint density at radius 1 is 1.36 bits per heavy atom. The van der Waals surface area contributed by atoms with Crippen molar-refractivity contribution in [2.24, 2.45) is 0 Å². The third kappa shape index (κ3) is 2.64. The molecule has 0 aliphatic heterocycles. The largest absolute Gasteiger partial charge is 0.332 e. The molecule has 22 heavy (non-hydrogen) atoms. The van der Waals surface area contributed by atoms with Crippen LogP contribution in [-0.4, -0.2) is 15.5 Å². The van der Waals surface area contributed by atoms with E-state index in [0.717, 1.165) is 33.3 Å². The lowest BCUT2D eigenvalue weighted by atomic mass is 10.2. The first-order valence-electron chi connectivity index (χ1n) is 7.11. The standard InChI is InChI=1S/C17H16BrN3O/c1-3-21-10-13(12-5-4-8-19-16(12)21)17(22)20-15-7-6-11(2)9-14(15)18/h4-10H,3H2,1-2H3,(H,20,22). The predicted molar refractivity (Wildman–Crippen MR) is 92.2 cm³/mol. The Morgan fingerprint density at radius 2 is 2.18 bits per heavy atom. The quantitative estimate of drug-likeness (QED) is 0.755. The normalized spacial score (nSPS) is 10.9. The molecule has 0 aliphatic rings. The maximum absolute atomic E-state index is 12.6. The van der Waals surface area contributed by atoms with Crippen molar-refractivity contribution in [1.82, 2.24) is 9.55 Å². The summed E-state index contributed by atoms with van der Waals surface area (Å²) in [4.78, 5) is 17.0. The Morgan fingerprint density at radius 3 is 2.91 bits per heavy atom. The zero-order valence-electron chi connectivity index (χ0n) is 12.4. The summed E-state index contributed by atoms with van der Waals surface area (Å²) in [6, 6.07) is 9.62. The van der Waals surface area contributed by atoms with Crippen molar-refractivity contribution in [3.8, 4) is 0 Å². The average Bonchev–Trinajstić information content (AvgIpc) is 2.89. The summed E-state index contributed by atoms with van der Waals surface area (Å²) in [6.07, 6.45) is 3.60. The van der Waals surface area contributed by atoms with E-state index in [1.54, 1.807) is 6.20 Å². The number of amides is 1. The molecule has 0 radical (unpaired) electrons. The summed E-state index contributed by atoms with van der Waals surface area (Å²) in [5.74, 6) is -0.130. The van der Waals surface area contributed by atoms with Gasteiger partial charge in [-0.2, -0.15) is 0 Å². The van der Waals surface area contributed by atoms with E-state index in [0.29, 0.717) is 5.56 Å². The smallest absolute Gasteiger partial charge is 0.257 e. The van der Waals surface area contributed by atoms with E-state index < -0.39 is 0 Å². The summed E-state index contributed by atoms with van der Waals surface area (Å²) in [6.45, 7) is 4.82. The van der Waals surface area contributed by atoms with Crippen LogP contribution < -0.4 is 5.32 Å². The van der Waals surface area contributed by atoms with Crippen molar-refractivity contribution in [2.75, 3.05) is 5.32 Å². The zero-order chi connectivity index (χ0) is 15.7. The van der Waals surface area contributed by atoms with Crippen LogP contribution >= 0.6 is 15.9 Å². The Bertz CT molecular complexity index is 854. The van der Waals surface area contributed by atoms with Gasteiger partial charge in [-0.25, -0.2) is 4.98 Å². The lowest BCUT2D eigenvalue weighted by Gasteiger charge is -2.07. The van der Waals surface area contributed by atoms with Crippen LogP contribution in [0.5, 0.6) is 0 Å². The number of anilines is 1. The van der Waals surface area contributed by atoms with Crippen LogP contribution in [0.1, 0.15) is 22.8 Å². The molecule has 1 N–H and O–H groups in total. The van der Waals surface area contributed by atoms with Gasteiger partial charge in [-0.15, -0.1) is 0 Å². The van der Waals surface area contributed by atoms with Crippen molar-refractivity contribution in [3.63, 3.8) is 0 Å². The SMILES string of the molecule is CCn1cc(C(=O)Nc2ccc(C)cc2Br)c2cccnc21. The van der Waals surface area contributed by atoms with Crippen LogP contribution in [0, 0.1) is 6.92 Å². The highest BCUT2D eigenvalue weighted by molar-refractivity contribution is 9.10. The second-order valence-electron chi connectivity index (χ2n) is 5.14. The van der Waals surface area contributed by atoms with Gasteiger partial charge in [0.25, 0.3) is 5.91 Å². The lowest BCUT2D eigenvalue weighted by Crippen LogP contribution is -2.12. The van der Waals surface area contributed by atoms with E-state index in [9.17, 15) is 4.79 Å². The Kier molecular flexibility index (Phi) is 3.98. The second kappa shape index (κ2) is 5.93. The van der Waals surface area contributed by atoms with Gasteiger partial charge in [-0.1, -0.05) is 6.07 Å². The lowest BCUT2D eigenvalue weighted by molar-refractivity contribution is 0.102. The summed E-state index contributed by atoms with van der Waals surface area (Å²) in [5.41, 5.74) is 3.36. The number of benzene rings is 1. The number of fused-ring (bicyclic) bond motifs is 1. The molecule has 3 rings (SSSR count). The maximum Gasteiger partial charge on any atom is 0.257 e. The molecule has 1 aromatic carbocycles. The number of halogens is 1. The summed E-state index contributed by atoms with van der Waals surface area (Å²) in [5, 5.41) is 3.82. The summed E-state index contributed by atoms with van der Waals surface area (Å²) in [7, 11) is 0. The monoisotopic (exact) mass is 357 g/mol. The predicted octanol–water partition coefficient (Wildman–Crippen LogP) is 4.38. The molecule has 0 saturated carbocycles. The first-order valence-corrected chi connectivity index (χ1v) is 7.91. The number of pyridine rings is 1. The number of hydrogen-bond donors (Lipinski definition) is 1. The molecule has 1 amide bonds. The molecule has 2 heterocycles. The van der Waals surface area contributed by atoms with E-state index in [1.807, 2.05) is 54.9 Å². The van der Waals surface area contributed by atoms with E-state index in [-0.39, 0.29) is 5.91 Å². The number of carbonyl (C=O) groups is 1. The van der Waals surface area contributed by atoms with Gasteiger partial charge in [0, 0.05) is 28.8 Å². The van der Waals surface area contributed by atoms with Crippen LogP contribution in [0.3, 0.4) is 0 Å². The number of hydrogen-bond acceptors (Lipinski definition) is 2. The molecular weight excluding hydrogens is 342 g/mol. The average molecular weight is 358 g/mol. The number of aryl methyl sites for hydroxylation is 2. The maximum atomic E-state index is 12.6. The van der Waals surface area contributed by atoms with Crippen LogP contribution in [-0.2, 0) is 6.54 Å². The van der Waals surface area contributed by atoms with Crippen LogP contribution in [0.2, 0.25) is 0 Å². The van der Waals surface area contributed by atoms with Crippen LogP contribution in [0.15, 0.2) is 47.2 Å². The summed E-state index contributed by atoms with van der Waals surface area (Å²) < 4.78 is 2.85. The van der Waals surface area contributed by atoms with Gasteiger partial charge in [0.05, 0.1) is 11.3 Å². The fourth-order valence-electron chi connectivity index (χ4n) is 2.46. The number of carbonyl (C=O) groups excluding carboxylic acids is 1. The minimum atomic E-state index is -0.130. The molecule has 5 heteroatoms. The Balaban J connectivity index is 1.99. The van der Waals surface area contributed by atoms with Crippen molar-refractivity contribution in [1.29, 1.82) is 0 Å². The topological polar surface area (TPSA) is 46.9 Å². The molecule has 0 aliphatic carbocycles. The van der Waals surface area contributed by atoms with E-state index >= 15 is 0 Å². The molecule has 112 valence electrons. The first-order chi connectivity index (χ1) is 10.6. The van der Waals surface area contributed by atoms with Crippen LogP contribution in [0.25, 0.3) is 11.0 Å². The van der Waals surface area contributed by atoms with Crippen molar-refractivity contribution in [2.45, 2.75) is 20.4 Å². The fraction of sp³-hybridized carbons (Fsp3) is 0.176. The van der Waals surface area contributed by atoms with Crippen molar-refractivity contribution < 1.29 is 4.79 Å². The van der Waals surface area contributed by atoms with Crippen molar-refractivity contribution in [3.05, 3.63) is 58.3 Å². The van der Waals surface area contributed by atoms with E-state index in [1.165, 1.54) is 0 Å². The molecule has 0 fully saturated rings. The molecule has 0 bridgehead atoms. The molecule has 2 aromatic heterocycles. The van der Waals surface area contributed by atoms with E-state index in [4.69, 9.17) is 0 Å². The van der Waals surface area contributed by atoms with Gasteiger partial charge in [0.2, 0.25) is 0 Å². The Labute approximate surface area is 137 Å². The van der Waals surface area contributed by atoms with Gasteiger partial charge < -0.3 is 9.88 Å². The molecule has 3 aromatic rings. The van der Waals surface area contributed by atoms with Gasteiger partial charge in [-0.3, -0.25) is 4.79 Å². The minimum Gasteiger partial charge on any atom is -0.332 e. The minimum absolute atomic E-state index is 0.130. The number of aromatic nitrogens is 2. The Hall–Kier alpha value is -2.14. The third-order valence-corrected chi connectivity index (χ3v) is 4.25. The number of nitrogens with zero attached hydrogens (tertiary/aromatic N) is 2. The third-order valence-electron chi connectivity index (χ3n) is 3.59. The molecular formula is C17H16BrN3O. The highest BCUT2D eigenvalue weighted by Gasteiger charge is 2.16. The van der Waals surface area contributed by atoms with Crippen LogP contribution in [0.4, 0.5) is 5.69 Å². The number of nitrogens with one attached hydrogen (secondary N) is 1. The molecule has 0 spiro atoms. The van der Waals surface area contributed by atoms with Gasteiger partial charge in [0.15, 0.2) is 0 Å². The zero-order valence-corrected chi connectivity index (χ0v) is 14.0. The fourth-order valence-corrected chi connectivity index (χ4v) is 3.05. The highest BCUT2D eigenvalue weighted by Crippen LogP contribution is 2.25. The highest BCUT2D eigenvalue weighted by atomic mass is 79.9. The summed E-state index contributed by atoms with van der Waals surface area (Å²) >= 11 is 3.48. The molecule has 0 atom stereocenters. The van der Waals surface area contributed by atoms with Crippen molar-refractivity contribution >= 4 is 38.6 Å². The second-order valence-corrected chi connectivity index (χ2v) is 6.00. The molecule has 0 saturated heterocycles. The molecule has 4 nitrogen and oxygen atoms in total. The van der Waals surface area contributed by atoms with Gasteiger partial charge >= 0.3 is 0 Å². The first kappa shape index (κ1) is 14.8. The number of rotatable bonds is 3. The molecule has 0 unspecified atom stereocenters. The van der Waals surface area contributed by atoms with Gasteiger partial charge in [-0.05, 0) is 59.6 Å². The van der Waals surface area contributed by atoms with E-state index in [2.05, 4.69) is 26.2 Å². The van der Waals surface area contributed by atoms with Gasteiger partial charge in [0.1, 0.15) is 5.65 Å².